The Bertz CT molecular complexity index is 935. The fourth-order valence-corrected chi connectivity index (χ4v) is 3.84. The summed E-state index contributed by atoms with van der Waals surface area (Å²) in [5.74, 6) is 0. The van der Waals surface area contributed by atoms with Crippen molar-refractivity contribution in [3.8, 4) is 0 Å². The minimum Gasteiger partial charge on any atom is -0.379 e. The molecule has 1 saturated heterocycles. The number of fused-ring (bicyclic) bond motifs is 3. The van der Waals surface area contributed by atoms with Gasteiger partial charge >= 0.3 is 0 Å². The van der Waals surface area contributed by atoms with Gasteiger partial charge in [0.05, 0.1) is 24.2 Å². The largest absolute Gasteiger partial charge is 0.379 e. The molecule has 24 heavy (non-hydrogen) atoms. The Hall–Kier alpha value is -2.11. The summed E-state index contributed by atoms with van der Waals surface area (Å²) in [6, 6.07) is 7.87. The molecule has 0 aliphatic carbocycles. The van der Waals surface area contributed by atoms with Crippen molar-refractivity contribution in [2.75, 3.05) is 26.3 Å². The zero-order chi connectivity index (χ0) is 16.7. The van der Waals surface area contributed by atoms with Crippen LogP contribution in [0, 0.1) is 6.92 Å². The lowest BCUT2D eigenvalue weighted by Gasteiger charge is -2.32. The lowest BCUT2D eigenvalue weighted by molar-refractivity contribution is 0.0174. The SMILES string of the molecule is Cc1[nH]ccc2c3ccc(=O)cc3n(CC(C)N3CCOCC3)c12. The number of hydrogen-bond donors (Lipinski definition) is 1. The summed E-state index contributed by atoms with van der Waals surface area (Å²) >= 11 is 0. The number of rotatable bonds is 3. The van der Waals surface area contributed by atoms with Crippen LogP contribution in [-0.2, 0) is 11.3 Å². The minimum atomic E-state index is 0.0622. The van der Waals surface area contributed by atoms with E-state index in [1.807, 2.05) is 12.3 Å². The third kappa shape index (κ3) is 2.54. The highest BCUT2D eigenvalue weighted by Crippen LogP contribution is 2.30. The van der Waals surface area contributed by atoms with E-state index in [0.29, 0.717) is 6.04 Å². The average molecular weight is 325 g/mol. The van der Waals surface area contributed by atoms with Gasteiger partial charge < -0.3 is 14.3 Å². The maximum absolute atomic E-state index is 11.9. The molecule has 0 spiro atoms. The van der Waals surface area contributed by atoms with Crippen LogP contribution in [0.15, 0.2) is 35.3 Å². The molecule has 1 unspecified atom stereocenters. The van der Waals surface area contributed by atoms with Crippen molar-refractivity contribution in [1.29, 1.82) is 0 Å². The van der Waals surface area contributed by atoms with E-state index >= 15 is 0 Å². The molecule has 0 amide bonds. The van der Waals surface area contributed by atoms with Crippen molar-refractivity contribution >= 4 is 21.8 Å². The number of hydrogen-bond acceptors (Lipinski definition) is 3. The standard InChI is InChI=1S/C19H23N3O2/c1-13(21-7-9-24-10-8-21)12-22-18-11-15(23)3-4-16(18)17-5-6-20-14(2)19(17)22/h3-6,11,13,20H,7-10,12H2,1-2H3. The molecule has 2 aromatic heterocycles. The summed E-state index contributed by atoms with van der Waals surface area (Å²) in [6.07, 6.45) is 1.97. The highest BCUT2D eigenvalue weighted by atomic mass is 16.5. The first-order valence-corrected chi connectivity index (χ1v) is 8.57. The van der Waals surface area contributed by atoms with E-state index in [2.05, 4.69) is 34.4 Å². The first-order chi connectivity index (χ1) is 11.6. The molecular weight excluding hydrogens is 302 g/mol. The maximum Gasteiger partial charge on any atom is 0.180 e. The Morgan fingerprint density at radius 3 is 2.79 bits per heavy atom. The molecule has 0 bridgehead atoms. The molecule has 1 fully saturated rings. The number of nitrogens with one attached hydrogen (secondary N) is 1. The molecule has 0 radical (unpaired) electrons. The molecule has 5 nitrogen and oxygen atoms in total. The van der Waals surface area contributed by atoms with Gasteiger partial charge in [0.15, 0.2) is 5.43 Å². The summed E-state index contributed by atoms with van der Waals surface area (Å²) in [5.41, 5.74) is 3.41. The van der Waals surface area contributed by atoms with Gasteiger partial charge in [-0.2, -0.15) is 0 Å². The molecule has 4 rings (SSSR count). The summed E-state index contributed by atoms with van der Waals surface area (Å²) in [4.78, 5) is 17.7. The lowest BCUT2D eigenvalue weighted by Crippen LogP contribution is -2.43. The average Bonchev–Trinajstić information content (AvgIpc) is 2.90. The van der Waals surface area contributed by atoms with Crippen molar-refractivity contribution in [2.45, 2.75) is 26.4 Å². The molecule has 1 aliphatic rings. The number of H-pyrrole nitrogens is 1. The molecule has 1 aromatic carbocycles. The van der Waals surface area contributed by atoms with Crippen LogP contribution in [0.25, 0.3) is 21.8 Å². The number of aromatic amines is 1. The van der Waals surface area contributed by atoms with Gasteiger partial charge in [-0.3, -0.25) is 9.69 Å². The van der Waals surface area contributed by atoms with Crippen LogP contribution in [-0.4, -0.2) is 46.8 Å². The smallest absolute Gasteiger partial charge is 0.180 e. The highest BCUT2D eigenvalue weighted by molar-refractivity contribution is 6.08. The van der Waals surface area contributed by atoms with E-state index in [0.717, 1.165) is 49.4 Å². The first-order valence-electron chi connectivity index (χ1n) is 8.57. The fourth-order valence-electron chi connectivity index (χ4n) is 3.84. The highest BCUT2D eigenvalue weighted by Gasteiger charge is 2.20. The Labute approximate surface area is 140 Å². The molecule has 1 atom stereocenters. The number of nitrogens with zero attached hydrogens (tertiary/aromatic N) is 2. The number of benzene rings is 1. The molecule has 0 saturated carbocycles. The van der Waals surface area contributed by atoms with E-state index in [9.17, 15) is 4.79 Å². The van der Waals surface area contributed by atoms with Gasteiger partial charge in [-0.1, -0.05) is 0 Å². The number of aromatic nitrogens is 2. The fraction of sp³-hybridized carbons (Fsp3) is 0.421. The second-order valence-corrected chi connectivity index (χ2v) is 6.65. The zero-order valence-corrected chi connectivity index (χ0v) is 14.2. The van der Waals surface area contributed by atoms with Crippen molar-refractivity contribution in [3.63, 3.8) is 0 Å². The number of morpholine rings is 1. The van der Waals surface area contributed by atoms with Crippen molar-refractivity contribution in [1.82, 2.24) is 14.5 Å². The Kier molecular flexibility index (Phi) is 3.90. The second-order valence-electron chi connectivity index (χ2n) is 6.65. The van der Waals surface area contributed by atoms with Crippen LogP contribution >= 0.6 is 0 Å². The minimum absolute atomic E-state index is 0.0622. The van der Waals surface area contributed by atoms with Gasteiger partial charge in [0, 0.05) is 54.4 Å². The van der Waals surface area contributed by atoms with E-state index < -0.39 is 0 Å². The van der Waals surface area contributed by atoms with Crippen LogP contribution in [0.3, 0.4) is 0 Å². The Morgan fingerprint density at radius 2 is 2.00 bits per heavy atom. The predicted molar refractivity (Wildman–Crippen MR) is 96.7 cm³/mol. The molecule has 3 aromatic rings. The maximum atomic E-state index is 11.9. The molecule has 1 aliphatic heterocycles. The molecule has 126 valence electrons. The van der Waals surface area contributed by atoms with Gasteiger partial charge in [0.2, 0.25) is 0 Å². The number of ether oxygens (including phenoxy) is 1. The van der Waals surface area contributed by atoms with Crippen LogP contribution in [0.4, 0.5) is 0 Å². The third-order valence-electron chi connectivity index (χ3n) is 5.10. The van der Waals surface area contributed by atoms with Crippen LogP contribution < -0.4 is 5.43 Å². The summed E-state index contributed by atoms with van der Waals surface area (Å²) in [5, 5.41) is 2.35. The van der Waals surface area contributed by atoms with E-state index in [1.54, 1.807) is 12.1 Å². The van der Waals surface area contributed by atoms with Crippen LogP contribution in [0.5, 0.6) is 0 Å². The zero-order valence-electron chi connectivity index (χ0n) is 14.2. The van der Waals surface area contributed by atoms with Crippen molar-refractivity contribution in [3.05, 3.63) is 46.4 Å². The van der Waals surface area contributed by atoms with E-state index in [1.165, 1.54) is 10.9 Å². The van der Waals surface area contributed by atoms with E-state index in [-0.39, 0.29) is 5.43 Å². The number of aryl methyl sites for hydroxylation is 1. The first kappa shape index (κ1) is 15.4. The van der Waals surface area contributed by atoms with Crippen molar-refractivity contribution in [2.24, 2.45) is 0 Å². The summed E-state index contributed by atoms with van der Waals surface area (Å²) < 4.78 is 7.77. The topological polar surface area (TPSA) is 50.3 Å². The molecule has 5 heteroatoms. The van der Waals surface area contributed by atoms with Gasteiger partial charge in [-0.15, -0.1) is 0 Å². The molecule has 1 N–H and O–H groups in total. The van der Waals surface area contributed by atoms with Gasteiger partial charge in [0.25, 0.3) is 0 Å². The van der Waals surface area contributed by atoms with Crippen molar-refractivity contribution < 1.29 is 4.74 Å². The predicted octanol–water partition coefficient (Wildman–Crippen LogP) is 2.51. The van der Waals surface area contributed by atoms with Crippen LogP contribution in [0.1, 0.15) is 12.6 Å². The second kappa shape index (κ2) is 6.07. The molecule has 3 heterocycles. The van der Waals surface area contributed by atoms with E-state index in [4.69, 9.17) is 4.74 Å². The molecular formula is C19H23N3O2. The van der Waals surface area contributed by atoms with Gasteiger partial charge in [-0.25, -0.2) is 0 Å². The van der Waals surface area contributed by atoms with Gasteiger partial charge in [0.1, 0.15) is 0 Å². The monoisotopic (exact) mass is 325 g/mol. The quantitative estimate of drug-likeness (QED) is 0.805. The van der Waals surface area contributed by atoms with Gasteiger partial charge in [-0.05, 0) is 32.0 Å². The summed E-state index contributed by atoms with van der Waals surface area (Å²) in [6.45, 7) is 8.75. The van der Waals surface area contributed by atoms with Crippen LogP contribution in [0.2, 0.25) is 0 Å². The Morgan fingerprint density at radius 1 is 1.21 bits per heavy atom. The third-order valence-corrected chi connectivity index (χ3v) is 5.10. The Balaban J connectivity index is 1.85. The number of pyridine rings is 1. The normalized spacial score (nSPS) is 17.6. The lowest BCUT2D eigenvalue weighted by atomic mass is 10.2. The summed E-state index contributed by atoms with van der Waals surface area (Å²) in [7, 11) is 0.